The van der Waals surface area contributed by atoms with Gasteiger partial charge >= 0.3 is 0 Å². The highest BCUT2D eigenvalue weighted by atomic mass is 35.5. The number of piperazine rings is 1. The van der Waals surface area contributed by atoms with Crippen LogP contribution in [-0.2, 0) is 10.0 Å². The van der Waals surface area contributed by atoms with Crippen molar-refractivity contribution < 1.29 is 13.2 Å². The lowest BCUT2D eigenvalue weighted by Gasteiger charge is -2.35. The van der Waals surface area contributed by atoms with E-state index in [4.69, 9.17) is 11.6 Å². The molecule has 33 heavy (non-hydrogen) atoms. The lowest BCUT2D eigenvalue weighted by molar-refractivity contribution is 0.0746. The Balaban J connectivity index is 1.42. The molecular weight excluding hydrogens is 460 g/mol. The van der Waals surface area contributed by atoms with Gasteiger partial charge in [0.2, 0.25) is 0 Å². The summed E-state index contributed by atoms with van der Waals surface area (Å²) in [7, 11) is -2.17. The van der Waals surface area contributed by atoms with Gasteiger partial charge in [0.05, 0.1) is 15.6 Å². The number of rotatable bonds is 5. The van der Waals surface area contributed by atoms with E-state index < -0.39 is 10.0 Å². The molecule has 0 atom stereocenters. The summed E-state index contributed by atoms with van der Waals surface area (Å²) >= 11 is 6.24. The van der Waals surface area contributed by atoms with Gasteiger partial charge in [-0.1, -0.05) is 29.3 Å². The van der Waals surface area contributed by atoms with Crippen molar-refractivity contribution >= 4 is 39.0 Å². The summed E-state index contributed by atoms with van der Waals surface area (Å²) in [5.74, 6) is 0.644. The minimum absolute atomic E-state index is 0.0858. The van der Waals surface area contributed by atoms with Crippen LogP contribution in [0.3, 0.4) is 0 Å². The molecule has 0 radical (unpaired) electrons. The number of halogens is 1. The molecule has 2 aromatic carbocycles. The van der Waals surface area contributed by atoms with E-state index in [9.17, 15) is 13.2 Å². The molecule has 1 amide bonds. The number of benzene rings is 2. The molecule has 0 spiro atoms. The number of amides is 1. The third-order valence-corrected chi connectivity index (χ3v) is 7.86. The number of carbonyl (C=O) groups excluding carboxylic acids is 1. The van der Waals surface area contributed by atoms with Crippen molar-refractivity contribution in [2.24, 2.45) is 0 Å². The van der Waals surface area contributed by atoms with Gasteiger partial charge in [-0.25, -0.2) is 13.4 Å². The van der Waals surface area contributed by atoms with Crippen LogP contribution in [0.5, 0.6) is 0 Å². The highest BCUT2D eigenvalue weighted by Gasteiger charge is 2.25. The van der Waals surface area contributed by atoms with Gasteiger partial charge in [0.25, 0.3) is 15.9 Å². The summed E-state index contributed by atoms with van der Waals surface area (Å²) < 4.78 is 27.1. The highest BCUT2D eigenvalue weighted by Crippen LogP contribution is 2.25. The van der Waals surface area contributed by atoms with Crippen molar-refractivity contribution in [3.8, 4) is 0 Å². The Morgan fingerprint density at radius 1 is 0.970 bits per heavy atom. The van der Waals surface area contributed by atoms with Crippen molar-refractivity contribution in [2.45, 2.75) is 11.8 Å². The normalized spacial score (nSPS) is 14.3. The number of aromatic nitrogens is 1. The zero-order valence-corrected chi connectivity index (χ0v) is 20.1. The third-order valence-electron chi connectivity index (χ3n) is 5.76. The van der Waals surface area contributed by atoms with Crippen molar-refractivity contribution in [2.75, 3.05) is 42.4 Å². The maximum atomic E-state index is 13.0. The Kier molecular flexibility index (Phi) is 6.58. The lowest BCUT2D eigenvalue weighted by atomic mass is 10.1. The van der Waals surface area contributed by atoms with E-state index in [2.05, 4.69) is 9.88 Å². The van der Waals surface area contributed by atoms with E-state index >= 15 is 0 Å². The first-order chi connectivity index (χ1) is 15.8. The maximum absolute atomic E-state index is 13.0. The lowest BCUT2D eigenvalue weighted by Crippen LogP contribution is -2.49. The molecule has 1 fully saturated rings. The van der Waals surface area contributed by atoms with E-state index in [-0.39, 0.29) is 10.8 Å². The number of hydrogen-bond acceptors (Lipinski definition) is 5. The number of hydrogen-bond donors (Lipinski definition) is 0. The van der Waals surface area contributed by atoms with Crippen LogP contribution in [0, 0.1) is 6.92 Å². The average molecular weight is 485 g/mol. The molecular formula is C24H25ClN4O3S. The first-order valence-corrected chi connectivity index (χ1v) is 12.4. The SMILES string of the molecule is Cc1ccc(S(=O)(=O)N(C)c2ccc(C(=O)N3CCN(c4ncccc4Cl)CC3)cc2)cc1. The Bertz CT molecular complexity index is 1240. The van der Waals surface area contributed by atoms with Gasteiger partial charge in [-0.2, -0.15) is 0 Å². The van der Waals surface area contributed by atoms with Crippen LogP contribution in [0.15, 0.2) is 71.8 Å². The van der Waals surface area contributed by atoms with Crippen molar-refractivity contribution in [3.63, 3.8) is 0 Å². The van der Waals surface area contributed by atoms with Gasteiger partial charge in [-0.15, -0.1) is 0 Å². The van der Waals surface area contributed by atoms with Crippen molar-refractivity contribution in [1.29, 1.82) is 0 Å². The maximum Gasteiger partial charge on any atom is 0.264 e. The molecule has 1 aliphatic heterocycles. The van der Waals surface area contributed by atoms with Crippen molar-refractivity contribution in [1.82, 2.24) is 9.88 Å². The van der Waals surface area contributed by atoms with Gasteiger partial charge in [0.15, 0.2) is 0 Å². The molecule has 3 aromatic rings. The van der Waals surface area contributed by atoms with Gasteiger partial charge in [0, 0.05) is 45.0 Å². The van der Waals surface area contributed by atoms with E-state index in [0.717, 1.165) is 11.4 Å². The fourth-order valence-corrected chi connectivity index (χ4v) is 5.17. The summed E-state index contributed by atoms with van der Waals surface area (Å²) in [6, 6.07) is 17.0. The standard InChI is InChI=1S/C24H25ClN4O3S/c1-18-5-11-21(12-6-18)33(31,32)27(2)20-9-7-19(8-10-20)24(30)29-16-14-28(15-17-29)23-22(25)4-3-13-26-23/h3-13H,14-17H2,1-2H3. The first kappa shape index (κ1) is 23.1. The summed E-state index contributed by atoms with van der Waals surface area (Å²) in [6.45, 7) is 4.28. The first-order valence-electron chi connectivity index (χ1n) is 10.6. The van der Waals surface area contributed by atoms with Crippen LogP contribution in [-0.4, -0.2) is 57.4 Å². The zero-order chi connectivity index (χ0) is 23.6. The summed E-state index contributed by atoms with van der Waals surface area (Å²) in [6.07, 6.45) is 1.70. The number of pyridine rings is 1. The van der Waals surface area contributed by atoms with E-state index in [1.54, 1.807) is 71.8 Å². The minimum atomic E-state index is -3.68. The topological polar surface area (TPSA) is 73.8 Å². The van der Waals surface area contributed by atoms with Crippen LogP contribution in [0.2, 0.25) is 5.02 Å². The van der Waals surface area contributed by atoms with Crippen LogP contribution < -0.4 is 9.21 Å². The quantitative estimate of drug-likeness (QED) is 0.550. The number of nitrogens with zero attached hydrogens (tertiary/aromatic N) is 4. The molecule has 0 bridgehead atoms. The second kappa shape index (κ2) is 9.41. The zero-order valence-electron chi connectivity index (χ0n) is 18.5. The molecule has 1 aliphatic rings. The Labute approximate surface area is 199 Å². The summed E-state index contributed by atoms with van der Waals surface area (Å²) in [5, 5.41) is 0.595. The molecule has 1 saturated heterocycles. The van der Waals surface area contributed by atoms with Gasteiger partial charge in [-0.3, -0.25) is 9.10 Å². The Hall–Kier alpha value is -3.10. The molecule has 172 valence electrons. The fraction of sp³-hybridized carbons (Fsp3) is 0.250. The van der Waals surface area contributed by atoms with Gasteiger partial charge < -0.3 is 9.80 Å². The number of carbonyl (C=O) groups is 1. The van der Waals surface area contributed by atoms with Gasteiger partial charge in [-0.05, 0) is 55.5 Å². The average Bonchev–Trinajstić information content (AvgIpc) is 2.84. The fourth-order valence-electron chi connectivity index (χ4n) is 3.74. The minimum Gasteiger partial charge on any atom is -0.352 e. The number of anilines is 2. The van der Waals surface area contributed by atoms with E-state index in [1.807, 2.05) is 6.92 Å². The van der Waals surface area contributed by atoms with Crippen LogP contribution in [0.1, 0.15) is 15.9 Å². The number of aryl methyl sites for hydroxylation is 1. The van der Waals surface area contributed by atoms with Crippen LogP contribution >= 0.6 is 11.6 Å². The Morgan fingerprint density at radius 2 is 1.61 bits per heavy atom. The summed E-state index contributed by atoms with van der Waals surface area (Å²) in [5.41, 5.74) is 1.99. The second-order valence-corrected chi connectivity index (χ2v) is 10.3. The Morgan fingerprint density at radius 3 is 2.21 bits per heavy atom. The molecule has 7 nitrogen and oxygen atoms in total. The predicted molar refractivity (Wildman–Crippen MR) is 131 cm³/mol. The highest BCUT2D eigenvalue weighted by molar-refractivity contribution is 7.92. The van der Waals surface area contributed by atoms with Crippen molar-refractivity contribution in [3.05, 3.63) is 83.0 Å². The van der Waals surface area contributed by atoms with Gasteiger partial charge in [0.1, 0.15) is 5.82 Å². The molecule has 9 heteroatoms. The molecule has 1 aromatic heterocycles. The van der Waals surface area contributed by atoms with Crippen LogP contribution in [0.25, 0.3) is 0 Å². The van der Waals surface area contributed by atoms with Crippen LogP contribution in [0.4, 0.5) is 11.5 Å². The molecule has 2 heterocycles. The smallest absolute Gasteiger partial charge is 0.264 e. The van der Waals surface area contributed by atoms with E-state index in [0.29, 0.717) is 42.5 Å². The molecule has 0 N–H and O–H groups in total. The molecule has 0 aliphatic carbocycles. The molecule has 0 saturated carbocycles. The molecule has 0 unspecified atom stereocenters. The van der Waals surface area contributed by atoms with E-state index in [1.165, 1.54) is 11.4 Å². The number of sulfonamides is 1. The predicted octanol–water partition coefficient (Wildman–Crippen LogP) is 3.83. The third kappa shape index (κ3) is 4.82. The molecule has 4 rings (SSSR count). The summed E-state index contributed by atoms with van der Waals surface area (Å²) in [4.78, 5) is 21.4. The largest absolute Gasteiger partial charge is 0.352 e. The second-order valence-electron chi connectivity index (χ2n) is 7.92. The monoisotopic (exact) mass is 484 g/mol.